The molecule has 0 aliphatic heterocycles. The van der Waals surface area contributed by atoms with Crippen LogP contribution in [-0.4, -0.2) is 23.3 Å². The highest BCUT2D eigenvalue weighted by Gasteiger charge is 2.19. The Morgan fingerprint density at radius 1 is 0.380 bits per heavy atom. The Morgan fingerprint density at radius 3 is 1.44 bits per heavy atom. The van der Waals surface area contributed by atoms with E-state index in [4.69, 9.17) is 15.7 Å². The van der Waals surface area contributed by atoms with E-state index in [1.165, 1.54) is 32.3 Å². The second-order valence-corrected chi connectivity index (χ2v) is 13.0. The fourth-order valence-electron chi connectivity index (χ4n) is 7.92. The lowest BCUT2D eigenvalue weighted by Crippen LogP contribution is -2.02. The molecule has 0 amide bonds. The van der Waals surface area contributed by atoms with Gasteiger partial charge in [-0.15, -0.1) is 0 Å². The summed E-state index contributed by atoms with van der Waals surface area (Å²) in [5.74, 6) is 1.59. The van der Waals surface area contributed by atoms with Crippen LogP contribution in [0.1, 0.15) is 0 Å². The standard InChI is InChI=1S/C44H28N6/c45-29-20-24-34-33-23-19-28(25-35(33)31-9-1-2-10-32(31)36(34)26-29)27-17-21-30(22-18-27)48-43-46-37-11-3-5-13-39(37)49(43)41-15-7-8-16-42(41)50-40-14-6-4-12-38(40)47-44(48)50/h1-26H,45H2. The van der Waals surface area contributed by atoms with Crippen molar-refractivity contribution in [2.24, 2.45) is 0 Å². The van der Waals surface area contributed by atoms with E-state index in [0.29, 0.717) is 0 Å². The molecule has 234 valence electrons. The molecule has 0 saturated carbocycles. The highest BCUT2D eigenvalue weighted by Crippen LogP contribution is 2.38. The average molecular weight is 641 g/mol. The van der Waals surface area contributed by atoms with Crippen molar-refractivity contribution in [1.82, 2.24) is 23.3 Å². The summed E-state index contributed by atoms with van der Waals surface area (Å²) in [4.78, 5) is 10.5. The number of para-hydroxylation sites is 6. The predicted molar refractivity (Wildman–Crippen MR) is 207 cm³/mol. The lowest BCUT2D eigenvalue weighted by Gasteiger charge is -2.13. The number of nitrogen functional groups attached to an aromatic ring is 1. The number of nitrogens with zero attached hydrogens (tertiary/aromatic N) is 5. The third kappa shape index (κ3) is 3.73. The van der Waals surface area contributed by atoms with Crippen LogP contribution in [-0.2, 0) is 0 Å². The topological polar surface area (TPSA) is 65.5 Å². The second-order valence-electron chi connectivity index (χ2n) is 13.0. The van der Waals surface area contributed by atoms with E-state index in [1.807, 2.05) is 18.2 Å². The summed E-state index contributed by atoms with van der Waals surface area (Å²) >= 11 is 0. The van der Waals surface area contributed by atoms with Gasteiger partial charge in [0.15, 0.2) is 0 Å². The van der Waals surface area contributed by atoms with Crippen molar-refractivity contribution >= 4 is 82.7 Å². The molecular formula is C44H28N6. The number of rotatable bonds is 2. The molecule has 3 heterocycles. The maximum absolute atomic E-state index is 6.23. The molecule has 0 fully saturated rings. The molecule has 8 aromatic carbocycles. The summed E-state index contributed by atoms with van der Waals surface area (Å²) in [6.45, 7) is 0. The lowest BCUT2D eigenvalue weighted by molar-refractivity contribution is 1.03. The Morgan fingerprint density at radius 2 is 0.840 bits per heavy atom. The Bertz CT molecular complexity index is 3080. The summed E-state index contributed by atoms with van der Waals surface area (Å²) in [5, 5.41) is 7.28. The number of anilines is 1. The third-order valence-electron chi connectivity index (χ3n) is 10.2. The molecule has 3 aromatic heterocycles. The van der Waals surface area contributed by atoms with Crippen LogP contribution in [0, 0.1) is 0 Å². The van der Waals surface area contributed by atoms with E-state index in [9.17, 15) is 0 Å². The van der Waals surface area contributed by atoms with Crippen LogP contribution < -0.4 is 5.73 Å². The van der Waals surface area contributed by atoms with Crippen LogP contribution in [0.25, 0.3) is 93.8 Å². The summed E-state index contributed by atoms with van der Waals surface area (Å²) in [6.07, 6.45) is 0. The molecular weight excluding hydrogens is 613 g/mol. The van der Waals surface area contributed by atoms with Crippen LogP contribution in [0.15, 0.2) is 158 Å². The predicted octanol–water partition coefficient (Wildman–Crippen LogP) is 10.5. The van der Waals surface area contributed by atoms with Gasteiger partial charge in [-0.2, -0.15) is 0 Å². The van der Waals surface area contributed by atoms with Crippen molar-refractivity contribution in [1.29, 1.82) is 0 Å². The first-order valence-corrected chi connectivity index (χ1v) is 16.8. The van der Waals surface area contributed by atoms with Crippen molar-refractivity contribution in [3.8, 4) is 16.8 Å². The molecule has 0 bridgehead atoms. The van der Waals surface area contributed by atoms with Crippen molar-refractivity contribution in [3.63, 3.8) is 0 Å². The molecule has 50 heavy (non-hydrogen) atoms. The monoisotopic (exact) mass is 640 g/mol. The van der Waals surface area contributed by atoms with E-state index >= 15 is 0 Å². The van der Waals surface area contributed by atoms with Crippen LogP contribution in [0.5, 0.6) is 0 Å². The minimum absolute atomic E-state index is 0.776. The van der Waals surface area contributed by atoms with Crippen LogP contribution in [0.4, 0.5) is 5.69 Å². The number of nitrogens with two attached hydrogens (primary N) is 1. The maximum Gasteiger partial charge on any atom is 0.223 e. The minimum atomic E-state index is 0.776. The van der Waals surface area contributed by atoms with E-state index in [1.54, 1.807) is 0 Å². The molecule has 11 aromatic rings. The van der Waals surface area contributed by atoms with Gasteiger partial charge in [-0.25, -0.2) is 14.5 Å². The summed E-state index contributed by atoms with van der Waals surface area (Å²) < 4.78 is 6.71. The van der Waals surface area contributed by atoms with E-state index < -0.39 is 0 Å². The highest BCUT2D eigenvalue weighted by atomic mass is 15.3. The molecule has 2 N–H and O–H groups in total. The van der Waals surface area contributed by atoms with Gasteiger partial charge in [0.05, 0.1) is 38.8 Å². The van der Waals surface area contributed by atoms with E-state index in [2.05, 4.69) is 153 Å². The largest absolute Gasteiger partial charge is 0.399 e. The maximum atomic E-state index is 6.23. The number of fused-ring (bicyclic) bond motifs is 15. The van der Waals surface area contributed by atoms with E-state index in [0.717, 1.165) is 67.2 Å². The quantitative estimate of drug-likeness (QED) is 0.151. The zero-order valence-corrected chi connectivity index (χ0v) is 26.8. The fourth-order valence-corrected chi connectivity index (χ4v) is 7.92. The van der Waals surface area contributed by atoms with Gasteiger partial charge in [0.2, 0.25) is 11.6 Å². The van der Waals surface area contributed by atoms with Gasteiger partial charge >= 0.3 is 0 Å². The SMILES string of the molecule is Nc1ccc2c3ccc(-c4ccc(-n5c6nc7ccccc7n6c6ccccc6n6c7ccccc7nc56)cc4)cc3c3ccccc3c2c1. The summed E-state index contributed by atoms with van der Waals surface area (Å²) in [6, 6.07) is 55.6. The molecule has 0 atom stereocenters. The molecule has 0 saturated heterocycles. The van der Waals surface area contributed by atoms with Crippen LogP contribution >= 0.6 is 0 Å². The van der Waals surface area contributed by atoms with Crippen LogP contribution in [0.3, 0.4) is 0 Å². The molecule has 6 nitrogen and oxygen atoms in total. The molecule has 0 spiro atoms. The number of aromatic nitrogens is 5. The molecule has 0 unspecified atom stereocenters. The Kier molecular flexibility index (Phi) is 5.44. The van der Waals surface area contributed by atoms with Gasteiger partial charge in [0, 0.05) is 5.69 Å². The van der Waals surface area contributed by atoms with Crippen molar-refractivity contribution < 1.29 is 0 Å². The Hall–Kier alpha value is -6.92. The van der Waals surface area contributed by atoms with Gasteiger partial charge in [0.25, 0.3) is 0 Å². The number of benzene rings is 8. The fraction of sp³-hybridized carbons (Fsp3) is 0. The molecule has 6 heteroatoms. The van der Waals surface area contributed by atoms with Crippen molar-refractivity contribution in [2.45, 2.75) is 0 Å². The third-order valence-corrected chi connectivity index (χ3v) is 10.2. The number of hydrogen-bond acceptors (Lipinski definition) is 3. The van der Waals surface area contributed by atoms with Gasteiger partial charge in [0.1, 0.15) is 0 Å². The number of hydrogen-bond donors (Lipinski definition) is 1. The van der Waals surface area contributed by atoms with Crippen molar-refractivity contribution in [3.05, 3.63) is 158 Å². The summed E-state index contributed by atoms with van der Waals surface area (Å²) in [5.41, 5.74) is 16.3. The van der Waals surface area contributed by atoms with Crippen LogP contribution in [0.2, 0.25) is 0 Å². The second kappa shape index (κ2) is 10.0. The molecule has 11 rings (SSSR count). The molecule has 0 aliphatic rings. The first kappa shape index (κ1) is 27.1. The van der Waals surface area contributed by atoms with Crippen molar-refractivity contribution in [2.75, 3.05) is 5.73 Å². The van der Waals surface area contributed by atoms with E-state index in [-0.39, 0.29) is 0 Å². The Labute approximate surface area is 285 Å². The zero-order chi connectivity index (χ0) is 32.9. The summed E-state index contributed by atoms with van der Waals surface area (Å²) in [7, 11) is 0. The average Bonchev–Trinajstić information content (AvgIpc) is 3.71. The molecule has 0 aliphatic carbocycles. The lowest BCUT2D eigenvalue weighted by atomic mass is 9.92. The zero-order valence-electron chi connectivity index (χ0n) is 26.8. The normalized spacial score (nSPS) is 12.1. The van der Waals surface area contributed by atoms with Gasteiger partial charge in [-0.05, 0) is 110 Å². The first-order chi connectivity index (χ1) is 24.7. The minimum Gasteiger partial charge on any atom is -0.399 e. The van der Waals surface area contributed by atoms with Gasteiger partial charge < -0.3 is 5.73 Å². The first-order valence-electron chi connectivity index (χ1n) is 16.8. The smallest absolute Gasteiger partial charge is 0.223 e. The Balaban J connectivity index is 1.18. The van der Waals surface area contributed by atoms with Gasteiger partial charge in [-0.1, -0.05) is 91.0 Å². The van der Waals surface area contributed by atoms with Gasteiger partial charge in [-0.3, -0.25) is 8.80 Å². The highest BCUT2D eigenvalue weighted by molar-refractivity contribution is 6.26. The molecule has 0 radical (unpaired) electrons. The number of imidazole rings is 2.